The van der Waals surface area contributed by atoms with Gasteiger partial charge >= 0.3 is 87.4 Å². The van der Waals surface area contributed by atoms with Crippen LogP contribution < -0.4 is 5.30 Å². The Kier molecular flexibility index (Phi) is 4.57. The van der Waals surface area contributed by atoms with Crippen molar-refractivity contribution in [1.82, 2.24) is 0 Å². The van der Waals surface area contributed by atoms with Gasteiger partial charge in [-0.2, -0.15) is 0 Å². The average Bonchev–Trinajstić information content (AvgIpc) is 2.19. The molecule has 0 aliphatic carbocycles. The number of hydrogen-bond acceptors (Lipinski definition) is 1. The molecule has 0 aliphatic rings. The summed E-state index contributed by atoms with van der Waals surface area (Å²) in [5.41, 5.74) is 0. The van der Waals surface area contributed by atoms with Gasteiger partial charge in [-0.25, -0.2) is 0 Å². The summed E-state index contributed by atoms with van der Waals surface area (Å²) in [5, 5.41) is 1.39. The van der Waals surface area contributed by atoms with Crippen LogP contribution in [0.2, 0.25) is 0 Å². The molecule has 14 heavy (non-hydrogen) atoms. The van der Waals surface area contributed by atoms with E-state index in [1.165, 1.54) is 18.1 Å². The van der Waals surface area contributed by atoms with Crippen molar-refractivity contribution in [3.8, 4) is 0 Å². The number of rotatable bonds is 5. The molecule has 0 atom stereocenters. The van der Waals surface area contributed by atoms with Gasteiger partial charge < -0.3 is 0 Å². The van der Waals surface area contributed by atoms with Crippen LogP contribution in [0.15, 0.2) is 30.3 Å². The Morgan fingerprint density at radius 2 is 1.79 bits per heavy atom. The zero-order valence-corrected chi connectivity index (χ0v) is 10.4. The molecule has 0 saturated carbocycles. The van der Waals surface area contributed by atoms with Gasteiger partial charge in [0.1, 0.15) is 0 Å². The monoisotopic (exact) mass is 212 g/mol. The normalized spacial score (nSPS) is 12.8. The summed E-state index contributed by atoms with van der Waals surface area (Å²) in [5.74, 6) is 0. The standard InChI is InChI=1S/C12H21OP/c1-4-5-11-13-14(2,3)12-9-7-6-8-10-12/h6-10,14H,4-5,11H2,1-3H3. The van der Waals surface area contributed by atoms with Crippen LogP contribution in [-0.4, -0.2) is 19.9 Å². The molecule has 1 aromatic rings. The van der Waals surface area contributed by atoms with Crippen LogP contribution in [0.1, 0.15) is 19.8 Å². The minimum absolute atomic E-state index is 0.907. The maximum atomic E-state index is 5.99. The van der Waals surface area contributed by atoms with Crippen LogP contribution in [0.25, 0.3) is 0 Å². The van der Waals surface area contributed by atoms with Crippen molar-refractivity contribution in [3.05, 3.63) is 30.3 Å². The molecule has 80 valence electrons. The van der Waals surface area contributed by atoms with Gasteiger partial charge in [0.25, 0.3) is 0 Å². The Labute approximate surface area is 87.9 Å². The Bertz CT molecular complexity index is 256. The fourth-order valence-electron chi connectivity index (χ4n) is 1.39. The Hall–Kier alpha value is -0.390. The van der Waals surface area contributed by atoms with E-state index in [-0.39, 0.29) is 0 Å². The quantitative estimate of drug-likeness (QED) is 0.538. The molecule has 0 amide bonds. The molecule has 0 aliphatic heterocycles. The van der Waals surface area contributed by atoms with Gasteiger partial charge in [0, 0.05) is 0 Å². The molecule has 0 spiro atoms. The van der Waals surface area contributed by atoms with E-state index in [1.807, 2.05) is 0 Å². The van der Waals surface area contributed by atoms with Gasteiger partial charge in [-0.3, -0.25) is 0 Å². The van der Waals surface area contributed by atoms with Crippen molar-refractivity contribution in [2.75, 3.05) is 19.9 Å². The molecule has 1 rings (SSSR count). The Morgan fingerprint density at radius 3 is 2.36 bits per heavy atom. The molecule has 0 N–H and O–H groups in total. The topological polar surface area (TPSA) is 9.23 Å². The molecular weight excluding hydrogens is 191 g/mol. The summed E-state index contributed by atoms with van der Waals surface area (Å²) >= 11 is 0. The molecule has 0 fully saturated rings. The molecular formula is C12H21OP. The average molecular weight is 212 g/mol. The first-order valence-electron chi connectivity index (χ1n) is 5.36. The molecule has 2 heteroatoms. The Morgan fingerprint density at radius 1 is 1.14 bits per heavy atom. The molecule has 0 radical (unpaired) electrons. The molecule has 1 aromatic carbocycles. The summed E-state index contributed by atoms with van der Waals surface area (Å²) in [6.07, 6.45) is 2.38. The van der Waals surface area contributed by atoms with Crippen molar-refractivity contribution < 1.29 is 4.52 Å². The molecule has 1 nitrogen and oxygen atoms in total. The Balaban J connectivity index is 2.56. The second-order valence-electron chi connectivity index (χ2n) is 4.08. The molecule has 0 unspecified atom stereocenters. The first-order chi connectivity index (χ1) is 6.67. The van der Waals surface area contributed by atoms with E-state index in [4.69, 9.17) is 4.52 Å². The predicted molar refractivity (Wildman–Crippen MR) is 67.1 cm³/mol. The molecule has 0 bridgehead atoms. The van der Waals surface area contributed by atoms with Gasteiger partial charge in [0.05, 0.1) is 0 Å². The van der Waals surface area contributed by atoms with E-state index in [9.17, 15) is 0 Å². The summed E-state index contributed by atoms with van der Waals surface area (Å²) in [7, 11) is -1.62. The van der Waals surface area contributed by atoms with Crippen molar-refractivity contribution in [2.24, 2.45) is 0 Å². The van der Waals surface area contributed by atoms with Crippen LogP contribution >= 0.6 is 7.49 Å². The summed E-state index contributed by atoms with van der Waals surface area (Å²) in [6, 6.07) is 10.6. The zero-order chi connectivity index (χ0) is 10.4. The van der Waals surface area contributed by atoms with E-state index >= 15 is 0 Å². The van der Waals surface area contributed by atoms with Crippen molar-refractivity contribution in [1.29, 1.82) is 0 Å². The fourth-order valence-corrected chi connectivity index (χ4v) is 3.21. The zero-order valence-electron chi connectivity index (χ0n) is 9.42. The van der Waals surface area contributed by atoms with Crippen molar-refractivity contribution in [2.45, 2.75) is 19.8 Å². The third-order valence-electron chi connectivity index (χ3n) is 2.43. The number of benzene rings is 1. The second kappa shape index (κ2) is 5.48. The van der Waals surface area contributed by atoms with E-state index < -0.39 is 7.49 Å². The van der Waals surface area contributed by atoms with Crippen molar-refractivity contribution in [3.63, 3.8) is 0 Å². The summed E-state index contributed by atoms with van der Waals surface area (Å²) < 4.78 is 5.99. The van der Waals surface area contributed by atoms with Gasteiger partial charge in [-0.1, -0.05) is 0 Å². The van der Waals surface area contributed by atoms with E-state index in [2.05, 4.69) is 50.6 Å². The van der Waals surface area contributed by atoms with Crippen LogP contribution in [0.3, 0.4) is 0 Å². The summed E-state index contributed by atoms with van der Waals surface area (Å²) in [4.78, 5) is 0. The van der Waals surface area contributed by atoms with Gasteiger partial charge in [-0.15, -0.1) is 0 Å². The number of hydrogen-bond donors (Lipinski definition) is 0. The SMILES string of the molecule is CCCCO[PH](C)(C)c1ccccc1. The minimum atomic E-state index is -1.62. The van der Waals surface area contributed by atoms with Crippen LogP contribution in [0.5, 0.6) is 0 Å². The third-order valence-corrected chi connectivity index (χ3v) is 5.08. The maximum absolute atomic E-state index is 5.99. The van der Waals surface area contributed by atoms with E-state index in [0.717, 1.165) is 6.61 Å². The van der Waals surface area contributed by atoms with E-state index in [1.54, 1.807) is 0 Å². The first-order valence-corrected chi connectivity index (χ1v) is 8.27. The molecule has 0 saturated heterocycles. The van der Waals surface area contributed by atoms with Crippen molar-refractivity contribution >= 4 is 12.8 Å². The van der Waals surface area contributed by atoms with Crippen LogP contribution in [0.4, 0.5) is 0 Å². The summed E-state index contributed by atoms with van der Waals surface area (Å²) in [6.45, 7) is 7.63. The van der Waals surface area contributed by atoms with Crippen LogP contribution in [0, 0.1) is 0 Å². The number of unbranched alkanes of at least 4 members (excludes halogenated alkanes) is 1. The van der Waals surface area contributed by atoms with Gasteiger partial charge in [-0.05, 0) is 0 Å². The van der Waals surface area contributed by atoms with Gasteiger partial charge in [0.2, 0.25) is 0 Å². The second-order valence-corrected chi connectivity index (χ2v) is 7.96. The van der Waals surface area contributed by atoms with Gasteiger partial charge in [0.15, 0.2) is 0 Å². The predicted octanol–water partition coefficient (Wildman–Crippen LogP) is 3.05. The molecule has 0 aromatic heterocycles. The fraction of sp³-hybridized carbons (Fsp3) is 0.500. The van der Waals surface area contributed by atoms with Crippen LogP contribution in [-0.2, 0) is 4.52 Å². The molecule has 0 heterocycles. The first kappa shape index (κ1) is 11.7. The van der Waals surface area contributed by atoms with E-state index in [0.29, 0.717) is 0 Å². The third kappa shape index (κ3) is 3.40.